The van der Waals surface area contributed by atoms with Gasteiger partial charge in [-0.3, -0.25) is 4.99 Å². The first-order chi connectivity index (χ1) is 24.7. The number of hydrogen-bond acceptors (Lipinski definition) is 4. The van der Waals surface area contributed by atoms with Gasteiger partial charge >= 0.3 is 0 Å². The number of aliphatic imine (C=N–C) groups is 1. The van der Waals surface area contributed by atoms with Crippen molar-refractivity contribution in [2.45, 2.75) is 19.5 Å². The molecular formula is C46H32N2O2. The lowest BCUT2D eigenvalue weighted by molar-refractivity contribution is 0.667. The normalized spacial score (nSPS) is 15.2. The summed E-state index contributed by atoms with van der Waals surface area (Å²) >= 11 is 0. The molecule has 1 unspecified atom stereocenters. The highest BCUT2D eigenvalue weighted by atomic mass is 16.3. The van der Waals surface area contributed by atoms with Gasteiger partial charge in [0, 0.05) is 50.5 Å². The predicted octanol–water partition coefficient (Wildman–Crippen LogP) is 12.2. The molecule has 238 valence electrons. The predicted molar refractivity (Wildman–Crippen MR) is 206 cm³/mol. The van der Waals surface area contributed by atoms with E-state index < -0.39 is 0 Å². The molecule has 9 aromatic rings. The van der Waals surface area contributed by atoms with Gasteiger partial charge in [0.15, 0.2) is 0 Å². The maximum atomic E-state index is 6.34. The van der Waals surface area contributed by atoms with E-state index >= 15 is 0 Å². The average molecular weight is 645 g/mol. The van der Waals surface area contributed by atoms with Crippen LogP contribution in [0.1, 0.15) is 36.2 Å². The van der Waals surface area contributed by atoms with Crippen molar-refractivity contribution in [1.82, 2.24) is 5.32 Å². The molecule has 7 aromatic carbocycles. The van der Waals surface area contributed by atoms with Crippen LogP contribution in [0.25, 0.3) is 71.5 Å². The molecule has 0 fully saturated rings. The van der Waals surface area contributed by atoms with E-state index in [1.807, 2.05) is 24.3 Å². The highest BCUT2D eigenvalue weighted by Gasteiger charge is 2.25. The molecule has 0 amide bonds. The maximum absolute atomic E-state index is 6.34. The third-order valence-electron chi connectivity index (χ3n) is 10.1. The minimum atomic E-state index is -0.325. The smallest absolute Gasteiger partial charge is 0.145 e. The van der Waals surface area contributed by atoms with Gasteiger partial charge in [0.25, 0.3) is 0 Å². The van der Waals surface area contributed by atoms with E-state index in [1.54, 1.807) is 0 Å². The van der Waals surface area contributed by atoms with E-state index in [0.29, 0.717) is 6.42 Å². The van der Waals surface area contributed by atoms with E-state index in [1.165, 1.54) is 16.3 Å². The summed E-state index contributed by atoms with van der Waals surface area (Å²) in [5.41, 5.74) is 12.5. The number of nitrogens with one attached hydrogen (secondary N) is 1. The van der Waals surface area contributed by atoms with Crippen molar-refractivity contribution in [2.75, 3.05) is 0 Å². The van der Waals surface area contributed by atoms with Crippen molar-refractivity contribution in [2.24, 2.45) is 4.99 Å². The zero-order valence-electron chi connectivity index (χ0n) is 27.5. The van der Waals surface area contributed by atoms with E-state index in [2.05, 4.69) is 140 Å². The minimum Gasteiger partial charge on any atom is -0.456 e. The van der Waals surface area contributed by atoms with Crippen molar-refractivity contribution in [3.05, 3.63) is 174 Å². The van der Waals surface area contributed by atoms with E-state index in [0.717, 1.165) is 83.1 Å². The Labute approximate surface area is 289 Å². The molecule has 1 N–H and O–H groups in total. The number of hydrogen-bond donors (Lipinski definition) is 1. The number of allylic oxidation sites excluding steroid dienone is 1. The monoisotopic (exact) mass is 644 g/mol. The largest absolute Gasteiger partial charge is 0.456 e. The Balaban J connectivity index is 1.20. The quantitative estimate of drug-likeness (QED) is 0.207. The fourth-order valence-corrected chi connectivity index (χ4v) is 7.79. The Morgan fingerprint density at radius 1 is 0.520 bits per heavy atom. The van der Waals surface area contributed by atoms with Crippen molar-refractivity contribution in [1.29, 1.82) is 0 Å². The highest BCUT2D eigenvalue weighted by Crippen LogP contribution is 2.41. The average Bonchev–Trinajstić information content (AvgIpc) is 3.69. The van der Waals surface area contributed by atoms with Crippen LogP contribution in [-0.2, 0) is 0 Å². The molecule has 0 saturated carbocycles. The fourth-order valence-electron chi connectivity index (χ4n) is 7.79. The Morgan fingerprint density at radius 3 is 1.82 bits per heavy atom. The van der Waals surface area contributed by atoms with E-state index in [9.17, 15) is 0 Å². The summed E-state index contributed by atoms with van der Waals surface area (Å²) < 4.78 is 12.7. The molecule has 1 aliphatic rings. The molecule has 2 aromatic heterocycles. The third-order valence-corrected chi connectivity index (χ3v) is 10.1. The van der Waals surface area contributed by atoms with Crippen LogP contribution in [0.3, 0.4) is 0 Å². The van der Waals surface area contributed by atoms with Crippen LogP contribution < -0.4 is 5.32 Å². The van der Waals surface area contributed by atoms with Crippen LogP contribution in [0.4, 0.5) is 0 Å². The molecule has 0 radical (unpaired) electrons. The van der Waals surface area contributed by atoms with Gasteiger partial charge in [-0.25, -0.2) is 0 Å². The molecule has 1 atom stereocenters. The lowest BCUT2D eigenvalue weighted by Crippen LogP contribution is -2.19. The fraction of sp³-hybridized carbons (Fsp3) is 0.0652. The van der Waals surface area contributed by atoms with E-state index in [-0.39, 0.29) is 6.17 Å². The zero-order chi connectivity index (χ0) is 33.2. The Morgan fingerprint density at radius 2 is 1.08 bits per heavy atom. The first kappa shape index (κ1) is 28.6. The molecular weight excluding hydrogens is 613 g/mol. The molecule has 50 heavy (non-hydrogen) atoms. The van der Waals surface area contributed by atoms with Gasteiger partial charge in [-0.05, 0) is 70.3 Å². The molecule has 0 bridgehead atoms. The van der Waals surface area contributed by atoms with Gasteiger partial charge in [0.2, 0.25) is 0 Å². The number of nitrogens with zero attached hydrogens (tertiary/aromatic N) is 1. The van der Waals surface area contributed by atoms with Gasteiger partial charge in [0.1, 0.15) is 28.5 Å². The van der Waals surface area contributed by atoms with Crippen LogP contribution >= 0.6 is 0 Å². The van der Waals surface area contributed by atoms with Crippen LogP contribution in [0.5, 0.6) is 0 Å². The van der Waals surface area contributed by atoms with Gasteiger partial charge in [-0.1, -0.05) is 121 Å². The maximum Gasteiger partial charge on any atom is 0.145 e. The summed E-state index contributed by atoms with van der Waals surface area (Å²) in [5.74, 6) is 0. The van der Waals surface area contributed by atoms with Crippen LogP contribution in [0.2, 0.25) is 0 Å². The first-order valence-electron chi connectivity index (χ1n) is 17.1. The summed E-state index contributed by atoms with van der Waals surface area (Å²) in [6, 6.07) is 53.2. The first-order valence-corrected chi connectivity index (χ1v) is 17.1. The molecule has 4 nitrogen and oxygen atoms in total. The zero-order valence-corrected chi connectivity index (χ0v) is 27.5. The van der Waals surface area contributed by atoms with Crippen molar-refractivity contribution in [3.63, 3.8) is 0 Å². The molecule has 3 heterocycles. The van der Waals surface area contributed by atoms with Crippen molar-refractivity contribution < 1.29 is 8.83 Å². The lowest BCUT2D eigenvalue weighted by atomic mass is 9.90. The lowest BCUT2D eigenvalue weighted by Gasteiger charge is -2.20. The van der Waals surface area contributed by atoms with Gasteiger partial charge < -0.3 is 14.2 Å². The second-order valence-electron chi connectivity index (χ2n) is 13.2. The second-order valence-corrected chi connectivity index (χ2v) is 13.2. The van der Waals surface area contributed by atoms with Gasteiger partial charge in [-0.15, -0.1) is 0 Å². The summed E-state index contributed by atoms with van der Waals surface area (Å²) in [6.45, 7) is 2.23. The summed E-state index contributed by atoms with van der Waals surface area (Å²) in [5, 5.41) is 10.8. The number of furan rings is 2. The highest BCUT2D eigenvalue weighted by molar-refractivity contribution is 6.16. The van der Waals surface area contributed by atoms with Gasteiger partial charge in [-0.2, -0.15) is 0 Å². The number of fused-ring (bicyclic) bond motifs is 7. The van der Waals surface area contributed by atoms with Gasteiger partial charge in [0.05, 0.1) is 0 Å². The molecule has 1 aliphatic heterocycles. The topological polar surface area (TPSA) is 50.7 Å². The standard InChI is InChI=1S/C46H32N2O2/c1-28-26-38(33-15-5-4-14-32(33)34-18-10-22-41-43(34)35-16-6-8-20-39(35)49-41)47-46(31-25-24-29-12-2-3-13-30(29)27-31)48-45(28)37-19-11-23-42-44(37)36-17-7-9-21-40(36)50-42/h2-25,27,46,48H,26H2,1H3. The number of benzene rings is 7. The van der Waals surface area contributed by atoms with Crippen molar-refractivity contribution in [3.8, 4) is 11.1 Å². The molecule has 0 saturated heterocycles. The molecule has 0 aliphatic carbocycles. The SMILES string of the molecule is CC1=C(c2cccc3oc4ccccc4c23)NC(c2ccc3ccccc3c2)N=C(c2ccccc2-c2cccc3oc4ccccc4c23)C1. The summed E-state index contributed by atoms with van der Waals surface area (Å²) in [7, 11) is 0. The van der Waals surface area contributed by atoms with E-state index in [4.69, 9.17) is 13.8 Å². The van der Waals surface area contributed by atoms with Crippen LogP contribution in [-0.4, -0.2) is 5.71 Å². The molecule has 10 rings (SSSR count). The molecule has 4 heteroatoms. The van der Waals surface area contributed by atoms with Crippen LogP contribution in [0.15, 0.2) is 171 Å². The number of rotatable bonds is 4. The second kappa shape index (κ2) is 11.4. The van der Waals surface area contributed by atoms with Crippen molar-refractivity contribution >= 4 is 66.1 Å². The Kier molecular flexibility index (Phi) is 6.50. The number of para-hydroxylation sites is 2. The summed E-state index contributed by atoms with van der Waals surface area (Å²) in [6.07, 6.45) is 0.353. The third kappa shape index (κ3) is 4.56. The summed E-state index contributed by atoms with van der Waals surface area (Å²) in [4.78, 5) is 5.61. The minimum absolute atomic E-state index is 0.325. The Bertz CT molecular complexity index is 2850. The molecule has 0 spiro atoms. The van der Waals surface area contributed by atoms with Crippen LogP contribution in [0, 0.1) is 0 Å². The Hall–Kier alpha value is -6.39.